The smallest absolute Gasteiger partial charge is 0.290 e. The Labute approximate surface area is 188 Å². The first kappa shape index (κ1) is 23.3. The number of carbonyl (C=O) groups is 2. The third kappa shape index (κ3) is 5.45. The third-order valence-electron chi connectivity index (χ3n) is 5.29. The van der Waals surface area contributed by atoms with Gasteiger partial charge in [-0.3, -0.25) is 9.59 Å². The number of hydrogen-bond donors (Lipinski definition) is 1. The molecule has 0 saturated heterocycles. The number of allylic oxidation sites excluding steroid dienone is 1. The van der Waals surface area contributed by atoms with Gasteiger partial charge in [-0.2, -0.15) is 0 Å². The van der Waals surface area contributed by atoms with E-state index in [0.29, 0.717) is 6.61 Å². The summed E-state index contributed by atoms with van der Waals surface area (Å²) in [5.74, 6) is -0.781. The first-order valence-corrected chi connectivity index (χ1v) is 10.8. The van der Waals surface area contributed by atoms with Crippen molar-refractivity contribution in [2.24, 2.45) is 0 Å². The summed E-state index contributed by atoms with van der Waals surface area (Å²) in [5, 5.41) is 10.6. The van der Waals surface area contributed by atoms with E-state index in [1.165, 1.54) is 11.0 Å². The molecule has 0 aliphatic carbocycles. The van der Waals surface area contributed by atoms with Crippen molar-refractivity contribution in [3.05, 3.63) is 83.1 Å². The molecule has 1 unspecified atom stereocenters. The van der Waals surface area contributed by atoms with Crippen LogP contribution in [0.25, 0.3) is 6.08 Å². The molecular formula is C26H29NO5. The van der Waals surface area contributed by atoms with Crippen molar-refractivity contribution >= 4 is 17.8 Å². The van der Waals surface area contributed by atoms with E-state index in [0.717, 1.165) is 29.7 Å². The molecule has 2 aromatic rings. The van der Waals surface area contributed by atoms with E-state index in [-0.39, 0.29) is 18.7 Å². The van der Waals surface area contributed by atoms with Crippen LogP contribution < -0.4 is 4.74 Å². The molecule has 168 valence electrons. The van der Waals surface area contributed by atoms with Crippen LogP contribution in [0.5, 0.6) is 5.75 Å². The summed E-state index contributed by atoms with van der Waals surface area (Å²) in [6.07, 6.45) is 5.07. The van der Waals surface area contributed by atoms with Gasteiger partial charge >= 0.3 is 0 Å². The van der Waals surface area contributed by atoms with E-state index in [9.17, 15) is 14.7 Å². The maximum atomic E-state index is 13.1. The molecule has 0 bridgehead atoms. The quantitative estimate of drug-likeness (QED) is 0.416. The molecule has 3 rings (SSSR count). The van der Waals surface area contributed by atoms with E-state index in [1.54, 1.807) is 13.2 Å². The molecule has 6 nitrogen and oxygen atoms in total. The number of methoxy groups -OCH3 is 1. The van der Waals surface area contributed by atoms with E-state index in [4.69, 9.17) is 9.47 Å². The van der Waals surface area contributed by atoms with Crippen LogP contribution in [0.3, 0.4) is 0 Å². The Morgan fingerprint density at radius 1 is 1.09 bits per heavy atom. The van der Waals surface area contributed by atoms with Gasteiger partial charge in [-0.25, -0.2) is 0 Å². The summed E-state index contributed by atoms with van der Waals surface area (Å²) >= 11 is 0. The van der Waals surface area contributed by atoms with Crippen LogP contribution >= 0.6 is 0 Å². The summed E-state index contributed by atoms with van der Waals surface area (Å²) in [6, 6.07) is 16.0. The Morgan fingerprint density at radius 2 is 1.81 bits per heavy atom. The van der Waals surface area contributed by atoms with Gasteiger partial charge in [-0.1, -0.05) is 61.9 Å². The number of nitrogens with zero attached hydrogens (tertiary/aromatic N) is 1. The van der Waals surface area contributed by atoms with Crippen LogP contribution in [0.4, 0.5) is 0 Å². The van der Waals surface area contributed by atoms with Gasteiger partial charge in [0.15, 0.2) is 11.5 Å². The van der Waals surface area contributed by atoms with E-state index in [2.05, 4.69) is 6.92 Å². The van der Waals surface area contributed by atoms with Crippen molar-refractivity contribution in [3.8, 4) is 5.75 Å². The fraction of sp³-hybridized carbons (Fsp3) is 0.308. The zero-order valence-electron chi connectivity index (χ0n) is 18.5. The molecule has 0 radical (unpaired) electrons. The van der Waals surface area contributed by atoms with E-state index < -0.39 is 23.5 Å². The molecule has 1 aliphatic rings. The molecule has 1 aliphatic heterocycles. The molecule has 0 fully saturated rings. The average molecular weight is 436 g/mol. The average Bonchev–Trinajstić information content (AvgIpc) is 3.07. The van der Waals surface area contributed by atoms with Crippen molar-refractivity contribution in [1.82, 2.24) is 4.90 Å². The maximum absolute atomic E-state index is 13.1. The summed E-state index contributed by atoms with van der Waals surface area (Å²) < 4.78 is 10.9. The Balaban J connectivity index is 1.89. The van der Waals surface area contributed by atoms with Crippen molar-refractivity contribution in [2.75, 3.05) is 26.9 Å². The minimum absolute atomic E-state index is 0.0675. The van der Waals surface area contributed by atoms with Crippen LogP contribution in [0.15, 0.2) is 72.0 Å². The zero-order chi connectivity index (χ0) is 22.9. The monoisotopic (exact) mass is 435 g/mol. The number of hydrogen-bond acceptors (Lipinski definition) is 5. The second-order valence-electron chi connectivity index (χ2n) is 7.54. The number of carbonyl (C=O) groups excluding carboxylic acids is 2. The Morgan fingerprint density at radius 3 is 2.47 bits per heavy atom. The highest BCUT2D eigenvalue weighted by Gasteiger charge is 2.42. The number of benzene rings is 2. The summed E-state index contributed by atoms with van der Waals surface area (Å²) in [4.78, 5) is 27.3. The molecule has 6 heteroatoms. The first-order chi connectivity index (χ1) is 15.6. The van der Waals surface area contributed by atoms with Gasteiger partial charge in [0.25, 0.3) is 5.91 Å². The van der Waals surface area contributed by atoms with Crippen molar-refractivity contribution in [1.29, 1.82) is 0 Å². The highest BCUT2D eigenvalue weighted by Crippen LogP contribution is 2.38. The molecule has 1 N–H and O–H groups in total. The van der Waals surface area contributed by atoms with Crippen molar-refractivity contribution in [3.63, 3.8) is 0 Å². The van der Waals surface area contributed by atoms with Crippen LogP contribution in [0, 0.1) is 0 Å². The first-order valence-electron chi connectivity index (χ1n) is 10.8. The Kier molecular flexibility index (Phi) is 8.22. The van der Waals surface area contributed by atoms with Crippen LogP contribution in [0.2, 0.25) is 0 Å². The molecule has 2 aromatic carbocycles. The minimum Gasteiger partial charge on any atom is -0.503 e. The number of aliphatic hydroxyl groups is 1. The highest BCUT2D eigenvalue weighted by molar-refractivity contribution is 6.14. The number of ketones is 1. The molecule has 1 atom stereocenters. The number of amides is 1. The highest BCUT2D eigenvalue weighted by atomic mass is 16.5. The third-order valence-corrected chi connectivity index (χ3v) is 5.29. The van der Waals surface area contributed by atoms with E-state index >= 15 is 0 Å². The predicted molar refractivity (Wildman–Crippen MR) is 123 cm³/mol. The Hall–Kier alpha value is -3.38. The number of unbranched alkanes of at least 4 members (excludes halogenated alkanes) is 1. The molecule has 1 amide bonds. The van der Waals surface area contributed by atoms with Gasteiger partial charge in [0.2, 0.25) is 0 Å². The normalized spacial score (nSPS) is 16.2. The Bertz CT molecular complexity index is 979. The van der Waals surface area contributed by atoms with Crippen molar-refractivity contribution < 1.29 is 24.2 Å². The lowest BCUT2D eigenvalue weighted by atomic mass is 9.95. The van der Waals surface area contributed by atoms with Gasteiger partial charge in [0.1, 0.15) is 5.75 Å². The van der Waals surface area contributed by atoms with Crippen molar-refractivity contribution in [2.45, 2.75) is 25.8 Å². The molecule has 0 saturated carbocycles. The number of aliphatic hydroxyl groups excluding tert-OH is 1. The van der Waals surface area contributed by atoms with Gasteiger partial charge in [-0.05, 0) is 35.8 Å². The maximum Gasteiger partial charge on any atom is 0.290 e. The zero-order valence-corrected chi connectivity index (χ0v) is 18.5. The SMILES string of the molecule is CCCCOc1ccc(C2C(C(=O)/C=C/c3ccccc3)=C(O)C(=O)N2CCOC)cc1. The predicted octanol–water partition coefficient (Wildman–Crippen LogP) is 4.49. The van der Waals surface area contributed by atoms with Crippen LogP contribution in [-0.2, 0) is 14.3 Å². The standard InChI is InChI=1S/C26H29NO5/c1-3-4-17-32-21-13-11-20(12-14-21)24-23(25(29)26(30)27(24)16-18-31-2)22(28)15-10-19-8-6-5-7-9-19/h5-15,24,29H,3-4,16-18H2,1-2H3/b15-10+. The van der Waals surface area contributed by atoms with Gasteiger partial charge < -0.3 is 19.5 Å². The lowest BCUT2D eigenvalue weighted by Crippen LogP contribution is -2.33. The van der Waals surface area contributed by atoms with Gasteiger partial charge in [-0.15, -0.1) is 0 Å². The van der Waals surface area contributed by atoms with Gasteiger partial charge in [0, 0.05) is 13.7 Å². The fourth-order valence-corrected chi connectivity index (χ4v) is 3.58. The summed E-state index contributed by atoms with van der Waals surface area (Å²) in [6.45, 7) is 3.27. The molecular weight excluding hydrogens is 406 g/mol. The lowest BCUT2D eigenvalue weighted by molar-refractivity contribution is -0.130. The molecule has 0 aromatic heterocycles. The number of rotatable bonds is 11. The van der Waals surface area contributed by atoms with Crippen LogP contribution in [-0.4, -0.2) is 48.6 Å². The van der Waals surface area contributed by atoms with Crippen LogP contribution in [0.1, 0.15) is 36.9 Å². The van der Waals surface area contributed by atoms with Gasteiger partial charge in [0.05, 0.1) is 24.8 Å². The second-order valence-corrected chi connectivity index (χ2v) is 7.54. The topological polar surface area (TPSA) is 76.1 Å². The lowest BCUT2D eigenvalue weighted by Gasteiger charge is -2.26. The molecule has 32 heavy (non-hydrogen) atoms. The molecule has 1 heterocycles. The molecule has 0 spiro atoms. The largest absolute Gasteiger partial charge is 0.503 e. The summed E-state index contributed by atoms with van der Waals surface area (Å²) in [5.41, 5.74) is 1.64. The minimum atomic E-state index is -0.699. The van der Waals surface area contributed by atoms with E-state index in [1.807, 2.05) is 54.6 Å². The number of ether oxygens (including phenoxy) is 2. The fourth-order valence-electron chi connectivity index (χ4n) is 3.58. The summed E-state index contributed by atoms with van der Waals surface area (Å²) in [7, 11) is 1.54. The second kappa shape index (κ2) is 11.3.